The minimum absolute atomic E-state index is 0.0936. The van der Waals surface area contributed by atoms with Crippen molar-refractivity contribution in [2.75, 3.05) is 17.8 Å². The summed E-state index contributed by atoms with van der Waals surface area (Å²) in [5.41, 5.74) is 4.93. The van der Waals surface area contributed by atoms with Crippen molar-refractivity contribution in [2.45, 2.75) is 65.2 Å². The monoisotopic (exact) mass is 431 g/mol. The molecule has 3 rings (SSSR count). The molecule has 0 aliphatic carbocycles. The number of benzene rings is 1. The molecule has 2 aromatic rings. The summed E-state index contributed by atoms with van der Waals surface area (Å²) < 4.78 is 31.7. The van der Waals surface area contributed by atoms with Gasteiger partial charge >= 0.3 is 0 Å². The highest BCUT2D eigenvalue weighted by molar-refractivity contribution is 7.92. The van der Waals surface area contributed by atoms with E-state index in [4.69, 9.17) is 0 Å². The summed E-state index contributed by atoms with van der Waals surface area (Å²) in [5.74, 6) is -0.184. The Hall–Kier alpha value is -2.28. The van der Waals surface area contributed by atoms with Gasteiger partial charge in [-0.2, -0.15) is 0 Å². The molecule has 1 aliphatic heterocycles. The molecule has 2 heterocycles. The lowest BCUT2D eigenvalue weighted by Crippen LogP contribution is -2.33. The van der Waals surface area contributed by atoms with Crippen LogP contribution in [-0.4, -0.2) is 36.9 Å². The lowest BCUT2D eigenvalue weighted by atomic mass is 10.1. The fraction of sp³-hybridized carbons (Fsp3) is 0.522. The second kappa shape index (κ2) is 8.46. The van der Waals surface area contributed by atoms with E-state index in [1.807, 2.05) is 51.8 Å². The number of anilines is 1. The molecule has 1 aromatic carbocycles. The van der Waals surface area contributed by atoms with Crippen molar-refractivity contribution in [1.82, 2.24) is 9.47 Å². The zero-order valence-corrected chi connectivity index (χ0v) is 19.7. The number of carbonyl (C=O) groups is 1. The first-order valence-corrected chi connectivity index (χ1v) is 12.1. The van der Waals surface area contributed by atoms with Crippen LogP contribution in [0.15, 0.2) is 17.0 Å². The molecule has 7 heteroatoms. The summed E-state index contributed by atoms with van der Waals surface area (Å²) in [6.07, 6.45) is 4.13. The molecule has 0 saturated carbocycles. The van der Waals surface area contributed by atoms with Gasteiger partial charge in [0.2, 0.25) is 0 Å². The smallest absolute Gasteiger partial charge is 0.264 e. The van der Waals surface area contributed by atoms with Gasteiger partial charge in [-0.1, -0.05) is 30.5 Å². The first-order chi connectivity index (χ1) is 14.0. The number of nitrogens with one attached hydrogen (secondary N) is 1. The van der Waals surface area contributed by atoms with Crippen LogP contribution in [0.25, 0.3) is 0 Å². The summed E-state index contributed by atoms with van der Waals surface area (Å²) in [4.78, 5) is 15.4. The molecule has 6 nitrogen and oxygen atoms in total. The third-order valence-electron chi connectivity index (χ3n) is 6.21. The molecule has 1 fully saturated rings. The number of amides is 1. The van der Waals surface area contributed by atoms with Crippen molar-refractivity contribution in [3.05, 3.63) is 45.8 Å². The second-order valence-electron chi connectivity index (χ2n) is 8.52. The molecule has 0 bridgehead atoms. The largest absolute Gasteiger partial charge is 0.350 e. The molecular formula is C23H33N3O3S. The first-order valence-electron chi connectivity index (χ1n) is 10.6. The van der Waals surface area contributed by atoms with E-state index in [9.17, 15) is 13.2 Å². The molecule has 164 valence electrons. The molecule has 0 unspecified atom stereocenters. The predicted octanol–water partition coefficient (Wildman–Crippen LogP) is 4.38. The van der Waals surface area contributed by atoms with Crippen molar-refractivity contribution < 1.29 is 13.2 Å². The van der Waals surface area contributed by atoms with Crippen LogP contribution >= 0.6 is 0 Å². The van der Waals surface area contributed by atoms with Crippen molar-refractivity contribution >= 4 is 21.6 Å². The van der Waals surface area contributed by atoms with Gasteiger partial charge in [0.25, 0.3) is 15.9 Å². The highest BCUT2D eigenvalue weighted by atomic mass is 32.2. The molecule has 1 aromatic heterocycles. The summed E-state index contributed by atoms with van der Waals surface area (Å²) in [5, 5.41) is 0. The lowest BCUT2D eigenvalue weighted by Gasteiger charge is -2.21. The predicted molar refractivity (Wildman–Crippen MR) is 121 cm³/mol. The second-order valence-corrected chi connectivity index (χ2v) is 10.1. The van der Waals surface area contributed by atoms with Crippen molar-refractivity contribution in [2.24, 2.45) is 7.05 Å². The number of sulfonamides is 1. The standard InChI is InChI=1S/C23H33N3O3S/c1-15-13-16(2)21(17(3)14-15)24-30(28,29)22-19(5)25(6)18(4)20(22)23(27)26-11-9-7-8-10-12-26/h13-14,24H,7-12H2,1-6H3. The van der Waals surface area contributed by atoms with Crippen LogP contribution in [0.4, 0.5) is 5.69 Å². The fourth-order valence-electron chi connectivity index (χ4n) is 4.46. The molecule has 30 heavy (non-hydrogen) atoms. The molecule has 1 N–H and O–H groups in total. The van der Waals surface area contributed by atoms with Gasteiger partial charge in [-0.3, -0.25) is 9.52 Å². The Labute approximate surface area is 180 Å². The summed E-state index contributed by atoms with van der Waals surface area (Å²) in [7, 11) is -2.13. The zero-order chi connectivity index (χ0) is 22.2. The molecule has 1 amide bonds. The first kappa shape index (κ1) is 22.4. The Morgan fingerprint density at radius 3 is 1.97 bits per heavy atom. The molecule has 0 atom stereocenters. The molecule has 0 spiro atoms. The quantitative estimate of drug-likeness (QED) is 0.781. The molecule has 1 aliphatic rings. The number of aryl methyl sites for hydroxylation is 3. The van der Waals surface area contributed by atoms with Crippen molar-refractivity contribution in [3.63, 3.8) is 0 Å². The number of carbonyl (C=O) groups excluding carboxylic acids is 1. The topological polar surface area (TPSA) is 71.4 Å². The SMILES string of the molecule is Cc1cc(C)c(NS(=O)(=O)c2c(C(=O)N3CCCCCC3)c(C)n(C)c2C)c(C)c1. The third kappa shape index (κ3) is 4.13. The van der Waals surface area contributed by atoms with Gasteiger partial charge in [-0.15, -0.1) is 0 Å². The molecule has 1 saturated heterocycles. The summed E-state index contributed by atoms with van der Waals surface area (Å²) in [6.45, 7) is 10.7. The van der Waals surface area contributed by atoms with E-state index in [2.05, 4.69) is 4.72 Å². The maximum Gasteiger partial charge on any atom is 0.264 e. The highest BCUT2D eigenvalue weighted by Crippen LogP contribution is 2.32. The van der Waals surface area contributed by atoms with Gasteiger partial charge in [-0.25, -0.2) is 8.42 Å². The Bertz CT molecular complexity index is 1050. The van der Waals surface area contributed by atoms with E-state index < -0.39 is 10.0 Å². The number of nitrogens with zero attached hydrogens (tertiary/aromatic N) is 2. The van der Waals surface area contributed by atoms with Crippen LogP contribution < -0.4 is 4.72 Å². The maximum absolute atomic E-state index is 13.6. The molecular weight excluding hydrogens is 398 g/mol. The number of rotatable bonds is 4. The van der Waals surface area contributed by atoms with E-state index in [0.717, 1.165) is 42.4 Å². The Kier molecular flexibility index (Phi) is 6.32. The van der Waals surface area contributed by atoms with Crippen molar-refractivity contribution in [3.8, 4) is 0 Å². The Balaban J connectivity index is 2.09. The number of hydrogen-bond acceptors (Lipinski definition) is 3. The van der Waals surface area contributed by atoms with Gasteiger partial charge < -0.3 is 9.47 Å². The van der Waals surface area contributed by atoms with Gasteiger partial charge in [0, 0.05) is 31.5 Å². The van der Waals surface area contributed by atoms with E-state index in [0.29, 0.717) is 35.7 Å². The minimum Gasteiger partial charge on any atom is -0.350 e. The summed E-state index contributed by atoms with van der Waals surface area (Å²) >= 11 is 0. The Morgan fingerprint density at radius 1 is 0.900 bits per heavy atom. The van der Waals surface area contributed by atoms with Gasteiger partial charge in [-0.05, 0) is 58.6 Å². The average Bonchev–Trinajstić information content (AvgIpc) is 2.87. The maximum atomic E-state index is 13.6. The number of aromatic nitrogens is 1. The van der Waals surface area contributed by atoms with E-state index >= 15 is 0 Å². The van der Waals surface area contributed by atoms with Crippen molar-refractivity contribution in [1.29, 1.82) is 0 Å². The number of likely N-dealkylation sites (tertiary alicyclic amines) is 1. The average molecular weight is 432 g/mol. The lowest BCUT2D eigenvalue weighted by molar-refractivity contribution is 0.0757. The zero-order valence-electron chi connectivity index (χ0n) is 18.9. The number of hydrogen-bond donors (Lipinski definition) is 1. The van der Waals surface area contributed by atoms with Gasteiger partial charge in [0.1, 0.15) is 4.90 Å². The summed E-state index contributed by atoms with van der Waals surface area (Å²) in [6, 6.07) is 3.91. The van der Waals surface area contributed by atoms with Gasteiger partial charge in [0.15, 0.2) is 0 Å². The Morgan fingerprint density at radius 2 is 1.43 bits per heavy atom. The highest BCUT2D eigenvalue weighted by Gasteiger charge is 2.33. The van der Waals surface area contributed by atoms with E-state index in [1.165, 1.54) is 0 Å². The van der Waals surface area contributed by atoms with E-state index in [1.54, 1.807) is 11.5 Å². The normalized spacial score (nSPS) is 15.2. The minimum atomic E-state index is -3.95. The van der Waals surface area contributed by atoms with Crippen LogP contribution in [0, 0.1) is 34.6 Å². The van der Waals surface area contributed by atoms with E-state index in [-0.39, 0.29) is 10.8 Å². The fourth-order valence-corrected chi connectivity index (χ4v) is 6.18. The molecule has 0 radical (unpaired) electrons. The third-order valence-corrected chi connectivity index (χ3v) is 7.72. The van der Waals surface area contributed by atoms with Crippen LogP contribution in [0.5, 0.6) is 0 Å². The van der Waals surface area contributed by atoms with Crippen LogP contribution in [0.2, 0.25) is 0 Å². The van der Waals surface area contributed by atoms with Crippen LogP contribution in [0.3, 0.4) is 0 Å². The van der Waals surface area contributed by atoms with Gasteiger partial charge in [0.05, 0.1) is 11.3 Å². The van der Waals surface area contributed by atoms with Crippen LogP contribution in [0.1, 0.15) is 64.1 Å². The van der Waals surface area contributed by atoms with Crippen LogP contribution in [-0.2, 0) is 17.1 Å².